The minimum Gasteiger partial charge on any atom is -0.490 e. The van der Waals surface area contributed by atoms with E-state index in [4.69, 9.17) is 9.47 Å². The Balaban J connectivity index is 1.54. The van der Waals surface area contributed by atoms with Crippen LogP contribution in [0, 0.1) is 11.7 Å². The van der Waals surface area contributed by atoms with Crippen molar-refractivity contribution in [3.05, 3.63) is 59.3 Å². The van der Waals surface area contributed by atoms with Crippen molar-refractivity contribution >= 4 is 11.6 Å². The summed E-state index contributed by atoms with van der Waals surface area (Å²) in [5, 5.41) is 0. The standard InChI is InChI=1S/C18H17FO4/c19-14-4-1-12(2-5-14)15(20)6-7-16(21)13-3-8-17-18(11-13)23-10-9-22-17/h1-5,8,13H,6-7,9-11H2. The number of hydrogen-bond acceptors (Lipinski definition) is 4. The number of halogens is 1. The van der Waals surface area contributed by atoms with E-state index in [1.165, 1.54) is 24.3 Å². The summed E-state index contributed by atoms with van der Waals surface area (Å²) in [6, 6.07) is 5.36. The molecule has 2 aliphatic rings. The Morgan fingerprint density at radius 3 is 2.61 bits per heavy atom. The van der Waals surface area contributed by atoms with Crippen LogP contribution in [0.2, 0.25) is 0 Å². The second kappa shape index (κ2) is 6.77. The molecule has 4 nitrogen and oxygen atoms in total. The zero-order valence-corrected chi connectivity index (χ0v) is 12.6. The molecule has 1 aliphatic heterocycles. The average Bonchev–Trinajstić information content (AvgIpc) is 2.59. The number of ether oxygens (including phenoxy) is 2. The van der Waals surface area contributed by atoms with Gasteiger partial charge in [0.05, 0.1) is 0 Å². The van der Waals surface area contributed by atoms with Gasteiger partial charge in [0.2, 0.25) is 0 Å². The van der Waals surface area contributed by atoms with Crippen molar-refractivity contribution in [2.45, 2.75) is 19.3 Å². The summed E-state index contributed by atoms with van der Waals surface area (Å²) in [5.74, 6) is 0.581. The van der Waals surface area contributed by atoms with Gasteiger partial charge in [-0.25, -0.2) is 4.39 Å². The Kier molecular flexibility index (Phi) is 4.55. The first-order valence-electron chi connectivity index (χ1n) is 7.62. The molecule has 0 radical (unpaired) electrons. The predicted molar refractivity (Wildman–Crippen MR) is 81.1 cm³/mol. The van der Waals surface area contributed by atoms with Crippen LogP contribution in [0.5, 0.6) is 0 Å². The van der Waals surface area contributed by atoms with Crippen LogP contribution in [-0.4, -0.2) is 24.8 Å². The lowest BCUT2D eigenvalue weighted by Crippen LogP contribution is -2.22. The van der Waals surface area contributed by atoms with Crippen LogP contribution in [0.15, 0.2) is 47.9 Å². The molecule has 1 aromatic carbocycles. The van der Waals surface area contributed by atoms with E-state index in [1.807, 2.05) is 0 Å². The fourth-order valence-corrected chi connectivity index (χ4v) is 2.66. The molecular weight excluding hydrogens is 299 g/mol. The van der Waals surface area contributed by atoms with Crippen LogP contribution in [-0.2, 0) is 14.3 Å². The number of rotatable bonds is 5. The largest absolute Gasteiger partial charge is 0.490 e. The summed E-state index contributed by atoms with van der Waals surface area (Å²) < 4.78 is 23.8. The van der Waals surface area contributed by atoms with Crippen LogP contribution in [0.4, 0.5) is 4.39 Å². The van der Waals surface area contributed by atoms with E-state index in [0.717, 1.165) is 0 Å². The SMILES string of the molecule is O=C(CCC(=O)C1C=CC2=C(C1)OCCO2)c1ccc(F)cc1. The van der Waals surface area contributed by atoms with E-state index >= 15 is 0 Å². The maximum absolute atomic E-state index is 12.8. The van der Waals surface area contributed by atoms with Gasteiger partial charge in [0.15, 0.2) is 11.5 Å². The molecule has 0 saturated heterocycles. The van der Waals surface area contributed by atoms with Crippen LogP contribution < -0.4 is 0 Å². The van der Waals surface area contributed by atoms with E-state index in [1.54, 1.807) is 12.2 Å². The Bertz CT molecular complexity index is 673. The first kappa shape index (κ1) is 15.5. The second-order valence-electron chi connectivity index (χ2n) is 5.55. The Hall–Kier alpha value is -2.43. The average molecular weight is 316 g/mol. The van der Waals surface area contributed by atoms with Gasteiger partial charge in [-0.15, -0.1) is 0 Å². The number of Topliss-reactive ketones (excluding diaryl/α,β-unsaturated/α-hetero) is 2. The maximum Gasteiger partial charge on any atom is 0.163 e. The number of ketones is 2. The Labute approximate surface area is 133 Å². The molecule has 0 fully saturated rings. The lowest BCUT2D eigenvalue weighted by molar-refractivity contribution is -0.121. The summed E-state index contributed by atoms with van der Waals surface area (Å²) >= 11 is 0. The number of carbonyl (C=O) groups excluding carboxylic acids is 2. The summed E-state index contributed by atoms with van der Waals surface area (Å²) in [7, 11) is 0. The lowest BCUT2D eigenvalue weighted by atomic mass is 9.90. The maximum atomic E-state index is 12.8. The first-order valence-corrected chi connectivity index (χ1v) is 7.62. The van der Waals surface area contributed by atoms with Crippen molar-refractivity contribution in [1.82, 2.24) is 0 Å². The van der Waals surface area contributed by atoms with Crippen LogP contribution in [0.1, 0.15) is 29.6 Å². The quantitative estimate of drug-likeness (QED) is 0.783. The topological polar surface area (TPSA) is 52.6 Å². The van der Waals surface area contributed by atoms with Crippen molar-refractivity contribution < 1.29 is 23.5 Å². The van der Waals surface area contributed by atoms with E-state index < -0.39 is 0 Å². The van der Waals surface area contributed by atoms with Crippen molar-refractivity contribution in [2.75, 3.05) is 13.2 Å². The molecule has 0 amide bonds. The third-order valence-corrected chi connectivity index (χ3v) is 3.96. The zero-order chi connectivity index (χ0) is 16.2. The normalized spacial score (nSPS) is 19.6. The predicted octanol–water partition coefficient (Wildman–Crippen LogP) is 3.19. The zero-order valence-electron chi connectivity index (χ0n) is 12.6. The molecule has 0 saturated carbocycles. The molecular formula is C18H17FO4. The molecule has 23 heavy (non-hydrogen) atoms. The fraction of sp³-hybridized carbons (Fsp3) is 0.333. The third kappa shape index (κ3) is 3.67. The molecule has 0 N–H and O–H groups in total. The smallest absolute Gasteiger partial charge is 0.163 e. The van der Waals surface area contributed by atoms with Crippen molar-refractivity contribution in [2.24, 2.45) is 5.92 Å². The summed E-state index contributed by atoms with van der Waals surface area (Å²) in [4.78, 5) is 24.3. The highest BCUT2D eigenvalue weighted by Gasteiger charge is 2.26. The minimum absolute atomic E-state index is 0.00237. The number of allylic oxidation sites excluding steroid dienone is 3. The summed E-state index contributed by atoms with van der Waals surface area (Å²) in [6.45, 7) is 1.02. The number of benzene rings is 1. The monoisotopic (exact) mass is 316 g/mol. The summed E-state index contributed by atoms with van der Waals surface area (Å²) in [5.41, 5.74) is 0.424. The minimum atomic E-state index is -0.385. The molecule has 1 aromatic rings. The van der Waals surface area contributed by atoms with Crippen LogP contribution in [0.25, 0.3) is 0 Å². The van der Waals surface area contributed by atoms with Crippen molar-refractivity contribution in [1.29, 1.82) is 0 Å². The highest BCUT2D eigenvalue weighted by atomic mass is 19.1. The van der Waals surface area contributed by atoms with Crippen molar-refractivity contribution in [3.8, 4) is 0 Å². The molecule has 3 rings (SSSR count). The van der Waals surface area contributed by atoms with Gasteiger partial charge in [-0.1, -0.05) is 6.08 Å². The Morgan fingerprint density at radius 2 is 1.83 bits per heavy atom. The molecule has 0 aromatic heterocycles. The lowest BCUT2D eigenvalue weighted by Gasteiger charge is -2.25. The molecule has 0 bridgehead atoms. The van der Waals surface area contributed by atoms with E-state index in [-0.39, 0.29) is 36.1 Å². The van der Waals surface area contributed by atoms with E-state index in [9.17, 15) is 14.0 Å². The molecule has 1 aliphatic carbocycles. The molecule has 5 heteroatoms. The van der Waals surface area contributed by atoms with Gasteiger partial charge in [-0.05, 0) is 30.3 Å². The second-order valence-corrected chi connectivity index (χ2v) is 5.55. The van der Waals surface area contributed by atoms with Gasteiger partial charge in [-0.2, -0.15) is 0 Å². The molecule has 1 unspecified atom stereocenters. The number of carbonyl (C=O) groups is 2. The van der Waals surface area contributed by atoms with Crippen LogP contribution >= 0.6 is 0 Å². The van der Waals surface area contributed by atoms with Gasteiger partial charge in [-0.3, -0.25) is 9.59 Å². The van der Waals surface area contributed by atoms with Gasteiger partial charge in [0.1, 0.15) is 30.6 Å². The third-order valence-electron chi connectivity index (χ3n) is 3.96. The van der Waals surface area contributed by atoms with E-state index in [2.05, 4.69) is 0 Å². The first-order chi connectivity index (χ1) is 11.1. The molecule has 1 atom stereocenters. The molecule has 120 valence electrons. The van der Waals surface area contributed by atoms with E-state index in [0.29, 0.717) is 36.7 Å². The fourth-order valence-electron chi connectivity index (χ4n) is 2.66. The van der Waals surface area contributed by atoms with Crippen molar-refractivity contribution in [3.63, 3.8) is 0 Å². The highest BCUT2D eigenvalue weighted by Crippen LogP contribution is 2.29. The highest BCUT2D eigenvalue weighted by molar-refractivity contribution is 5.98. The number of hydrogen-bond donors (Lipinski definition) is 0. The van der Waals surface area contributed by atoms with Crippen LogP contribution in [0.3, 0.4) is 0 Å². The van der Waals surface area contributed by atoms with Gasteiger partial charge >= 0.3 is 0 Å². The van der Waals surface area contributed by atoms with Gasteiger partial charge < -0.3 is 9.47 Å². The molecule has 0 spiro atoms. The Morgan fingerprint density at radius 1 is 1.09 bits per heavy atom. The summed E-state index contributed by atoms with van der Waals surface area (Å²) in [6.07, 6.45) is 4.34. The van der Waals surface area contributed by atoms with Gasteiger partial charge in [0, 0.05) is 30.7 Å². The molecule has 1 heterocycles. The van der Waals surface area contributed by atoms with Gasteiger partial charge in [0.25, 0.3) is 0 Å².